The Balaban J connectivity index is 1.50. The van der Waals surface area contributed by atoms with Gasteiger partial charge in [0.1, 0.15) is 5.82 Å². The summed E-state index contributed by atoms with van der Waals surface area (Å²) in [5.74, 6) is -0.158. The van der Waals surface area contributed by atoms with Crippen LogP contribution in [0.5, 0.6) is 0 Å². The Kier molecular flexibility index (Phi) is 6.12. The molecule has 0 unspecified atom stereocenters. The molecule has 148 valence electrons. The maximum absolute atomic E-state index is 14.3. The van der Waals surface area contributed by atoms with Crippen molar-refractivity contribution in [3.05, 3.63) is 103 Å². The first-order chi connectivity index (χ1) is 14.3. The highest BCUT2D eigenvalue weighted by Crippen LogP contribution is 2.17. The van der Waals surface area contributed by atoms with Crippen LogP contribution in [0.25, 0.3) is 5.69 Å². The van der Waals surface area contributed by atoms with Gasteiger partial charge in [-0.1, -0.05) is 18.2 Å². The van der Waals surface area contributed by atoms with Gasteiger partial charge in [-0.15, -0.1) is 0 Å². The standard InChI is InChI=1S/C23H24FN5/c24-23-9-2-1-6-20(23)17-28(13-5-12-27-15-11-26-19-27)18-22-8-4-14-29(22)21-7-3-10-25-16-21/h1-4,6-11,14-16,19H,5,12-13,17-18H2. The highest BCUT2D eigenvalue weighted by molar-refractivity contribution is 5.32. The van der Waals surface area contributed by atoms with E-state index in [1.807, 2.05) is 55.2 Å². The molecule has 0 amide bonds. The van der Waals surface area contributed by atoms with Gasteiger partial charge in [0.15, 0.2) is 0 Å². The fourth-order valence-corrected chi connectivity index (χ4v) is 3.50. The molecule has 0 aliphatic heterocycles. The smallest absolute Gasteiger partial charge is 0.127 e. The van der Waals surface area contributed by atoms with E-state index in [0.717, 1.165) is 43.0 Å². The predicted molar refractivity (Wildman–Crippen MR) is 111 cm³/mol. The van der Waals surface area contributed by atoms with Crippen LogP contribution >= 0.6 is 0 Å². The number of aromatic nitrogens is 4. The minimum absolute atomic E-state index is 0.158. The summed E-state index contributed by atoms with van der Waals surface area (Å²) in [6.07, 6.45) is 12.2. The zero-order valence-electron chi connectivity index (χ0n) is 16.2. The minimum atomic E-state index is -0.158. The molecule has 0 fully saturated rings. The second-order valence-corrected chi connectivity index (χ2v) is 7.04. The van der Waals surface area contributed by atoms with E-state index in [-0.39, 0.29) is 5.82 Å². The molecule has 0 saturated carbocycles. The molecule has 0 N–H and O–H groups in total. The summed E-state index contributed by atoms with van der Waals surface area (Å²) in [7, 11) is 0. The number of halogens is 1. The third-order valence-corrected chi connectivity index (χ3v) is 4.94. The molecule has 0 bridgehead atoms. The number of hydrogen-bond donors (Lipinski definition) is 0. The van der Waals surface area contributed by atoms with Crippen molar-refractivity contribution in [3.63, 3.8) is 0 Å². The molecule has 1 aromatic carbocycles. The van der Waals surface area contributed by atoms with Gasteiger partial charge in [0.25, 0.3) is 0 Å². The van der Waals surface area contributed by atoms with E-state index in [4.69, 9.17) is 0 Å². The third-order valence-electron chi connectivity index (χ3n) is 4.94. The lowest BCUT2D eigenvalue weighted by molar-refractivity contribution is 0.241. The van der Waals surface area contributed by atoms with Gasteiger partial charge >= 0.3 is 0 Å². The molecule has 0 saturated heterocycles. The lowest BCUT2D eigenvalue weighted by atomic mass is 10.2. The average molecular weight is 389 g/mol. The Bertz CT molecular complexity index is 1010. The third kappa shape index (κ3) is 4.97. The summed E-state index contributed by atoms with van der Waals surface area (Å²) in [5.41, 5.74) is 2.89. The van der Waals surface area contributed by atoms with Gasteiger partial charge in [0.05, 0.1) is 18.2 Å². The molecular formula is C23H24FN5. The molecule has 3 aromatic heterocycles. The maximum atomic E-state index is 14.3. The van der Waals surface area contributed by atoms with Crippen molar-refractivity contribution < 1.29 is 4.39 Å². The normalized spacial score (nSPS) is 11.2. The van der Waals surface area contributed by atoms with Crippen molar-refractivity contribution in [1.82, 2.24) is 24.0 Å². The average Bonchev–Trinajstić information content (AvgIpc) is 3.42. The highest BCUT2D eigenvalue weighted by atomic mass is 19.1. The van der Waals surface area contributed by atoms with E-state index in [9.17, 15) is 4.39 Å². The number of pyridine rings is 1. The van der Waals surface area contributed by atoms with Crippen LogP contribution in [-0.4, -0.2) is 30.5 Å². The lowest BCUT2D eigenvalue weighted by Gasteiger charge is -2.24. The molecule has 0 atom stereocenters. The molecule has 5 nitrogen and oxygen atoms in total. The first kappa shape index (κ1) is 19.1. The fourth-order valence-electron chi connectivity index (χ4n) is 3.50. The van der Waals surface area contributed by atoms with Crippen LogP contribution < -0.4 is 0 Å². The van der Waals surface area contributed by atoms with Crippen LogP contribution in [0.3, 0.4) is 0 Å². The van der Waals surface area contributed by atoms with E-state index in [0.29, 0.717) is 6.54 Å². The highest BCUT2D eigenvalue weighted by Gasteiger charge is 2.13. The number of aryl methyl sites for hydroxylation is 1. The van der Waals surface area contributed by atoms with Gasteiger partial charge < -0.3 is 9.13 Å². The fraction of sp³-hybridized carbons (Fsp3) is 0.217. The van der Waals surface area contributed by atoms with E-state index in [2.05, 4.69) is 30.1 Å². The van der Waals surface area contributed by atoms with E-state index in [1.165, 1.54) is 6.07 Å². The number of benzene rings is 1. The minimum Gasteiger partial charge on any atom is -0.337 e. The molecule has 0 radical (unpaired) electrons. The number of rotatable bonds is 9. The van der Waals surface area contributed by atoms with E-state index in [1.54, 1.807) is 18.5 Å². The SMILES string of the molecule is Fc1ccccc1CN(CCCn1ccnc1)Cc1cccn1-c1cccnc1. The number of nitrogens with zero attached hydrogens (tertiary/aromatic N) is 5. The first-order valence-corrected chi connectivity index (χ1v) is 9.78. The van der Waals surface area contributed by atoms with Crippen molar-refractivity contribution in [1.29, 1.82) is 0 Å². The summed E-state index contributed by atoms with van der Waals surface area (Å²) in [6.45, 7) is 3.02. The summed E-state index contributed by atoms with van der Waals surface area (Å²) < 4.78 is 18.5. The first-order valence-electron chi connectivity index (χ1n) is 9.78. The van der Waals surface area contributed by atoms with Crippen molar-refractivity contribution in [2.24, 2.45) is 0 Å². The molecule has 0 aliphatic carbocycles. The summed E-state index contributed by atoms with van der Waals surface area (Å²) in [6, 6.07) is 15.1. The predicted octanol–water partition coefficient (Wildman–Crippen LogP) is 4.30. The van der Waals surface area contributed by atoms with Gasteiger partial charge in [0.2, 0.25) is 0 Å². The Labute approximate surface area is 170 Å². The Hall–Kier alpha value is -3.25. The Morgan fingerprint density at radius 1 is 0.897 bits per heavy atom. The summed E-state index contributed by atoms with van der Waals surface area (Å²) in [5, 5.41) is 0. The lowest BCUT2D eigenvalue weighted by Crippen LogP contribution is -2.26. The molecular weight excluding hydrogens is 365 g/mol. The van der Waals surface area contributed by atoms with Crippen LogP contribution in [0.15, 0.2) is 85.8 Å². The van der Waals surface area contributed by atoms with Crippen LogP contribution in [0.2, 0.25) is 0 Å². The van der Waals surface area contributed by atoms with Gasteiger partial charge in [-0.3, -0.25) is 9.88 Å². The van der Waals surface area contributed by atoms with E-state index >= 15 is 0 Å². The van der Waals surface area contributed by atoms with Crippen LogP contribution in [-0.2, 0) is 19.6 Å². The maximum Gasteiger partial charge on any atom is 0.127 e. The zero-order valence-corrected chi connectivity index (χ0v) is 16.2. The molecule has 0 spiro atoms. The Morgan fingerprint density at radius 3 is 2.62 bits per heavy atom. The second kappa shape index (κ2) is 9.30. The molecule has 6 heteroatoms. The molecule has 4 rings (SSSR count). The van der Waals surface area contributed by atoms with Gasteiger partial charge in [0, 0.05) is 62.2 Å². The molecule has 4 aromatic rings. The van der Waals surface area contributed by atoms with Crippen molar-refractivity contribution in [3.8, 4) is 5.69 Å². The second-order valence-electron chi connectivity index (χ2n) is 7.04. The zero-order chi connectivity index (χ0) is 19.9. The van der Waals surface area contributed by atoms with E-state index < -0.39 is 0 Å². The number of imidazole rings is 1. The van der Waals surface area contributed by atoms with Gasteiger partial charge in [-0.2, -0.15) is 0 Å². The molecule has 29 heavy (non-hydrogen) atoms. The van der Waals surface area contributed by atoms with Gasteiger partial charge in [-0.05, 0) is 36.8 Å². The van der Waals surface area contributed by atoms with Crippen molar-refractivity contribution >= 4 is 0 Å². The monoisotopic (exact) mass is 389 g/mol. The quantitative estimate of drug-likeness (QED) is 0.428. The molecule has 0 aliphatic rings. The van der Waals surface area contributed by atoms with Crippen LogP contribution in [0.4, 0.5) is 4.39 Å². The van der Waals surface area contributed by atoms with Crippen LogP contribution in [0.1, 0.15) is 17.7 Å². The Morgan fingerprint density at radius 2 is 1.83 bits per heavy atom. The van der Waals surface area contributed by atoms with Gasteiger partial charge in [-0.25, -0.2) is 9.37 Å². The topological polar surface area (TPSA) is 38.9 Å². The molecule has 3 heterocycles. The van der Waals surface area contributed by atoms with Crippen molar-refractivity contribution in [2.75, 3.05) is 6.54 Å². The summed E-state index contributed by atoms with van der Waals surface area (Å²) >= 11 is 0. The summed E-state index contributed by atoms with van der Waals surface area (Å²) in [4.78, 5) is 10.6. The van der Waals surface area contributed by atoms with Crippen LogP contribution in [0, 0.1) is 5.82 Å². The number of hydrogen-bond acceptors (Lipinski definition) is 3. The largest absolute Gasteiger partial charge is 0.337 e. The van der Waals surface area contributed by atoms with Crippen molar-refractivity contribution in [2.45, 2.75) is 26.1 Å².